The Morgan fingerprint density at radius 1 is 0.957 bits per heavy atom. The number of carbonyl (C=O) groups is 1. The smallest absolute Gasteiger partial charge is 0.124 e. The molecule has 2 nitrogen and oxygen atoms in total. The van der Waals surface area contributed by atoms with Gasteiger partial charge in [0.05, 0.1) is 12.0 Å². The van der Waals surface area contributed by atoms with Crippen LogP contribution in [0.2, 0.25) is 19.6 Å². The van der Waals surface area contributed by atoms with Crippen molar-refractivity contribution in [3.05, 3.63) is 71.8 Å². The van der Waals surface area contributed by atoms with Crippen molar-refractivity contribution < 1.29 is 9.53 Å². The van der Waals surface area contributed by atoms with E-state index in [1.165, 1.54) is 5.56 Å². The van der Waals surface area contributed by atoms with Gasteiger partial charge in [0.2, 0.25) is 0 Å². The lowest BCUT2D eigenvalue weighted by Crippen LogP contribution is -2.43. The molecule has 3 heteroatoms. The molecule has 2 atom stereocenters. The number of rotatable bonds is 7. The Kier molecular flexibility index (Phi) is 5.91. The maximum absolute atomic E-state index is 13.1. The lowest BCUT2D eigenvalue weighted by molar-refractivity contribution is -0.117. The minimum absolute atomic E-state index is 0.140. The molecule has 0 saturated heterocycles. The largest absolute Gasteiger partial charge is 0.380 e. The SMILES string of the molecule is CO[C@H](Cc1ccccc1)[C@@H](C(=O)[Si](C)(C)C)c1ccccc1. The van der Waals surface area contributed by atoms with E-state index in [0.29, 0.717) is 5.41 Å². The van der Waals surface area contributed by atoms with E-state index in [1.54, 1.807) is 7.11 Å². The van der Waals surface area contributed by atoms with Gasteiger partial charge in [0.15, 0.2) is 0 Å². The molecule has 0 aliphatic carbocycles. The molecule has 0 radical (unpaired) electrons. The molecule has 0 amide bonds. The molecule has 0 aliphatic heterocycles. The Morgan fingerprint density at radius 2 is 1.48 bits per heavy atom. The van der Waals surface area contributed by atoms with Gasteiger partial charge in [0, 0.05) is 7.11 Å². The molecule has 2 aromatic rings. The van der Waals surface area contributed by atoms with Gasteiger partial charge in [0.25, 0.3) is 0 Å². The third-order valence-electron chi connectivity index (χ3n) is 4.13. The number of hydrogen-bond acceptors (Lipinski definition) is 2. The predicted molar refractivity (Wildman–Crippen MR) is 98.5 cm³/mol. The first-order chi connectivity index (χ1) is 10.9. The fourth-order valence-corrected chi connectivity index (χ4v) is 4.13. The molecule has 122 valence electrons. The number of methoxy groups -OCH3 is 1. The van der Waals surface area contributed by atoms with Gasteiger partial charge in [-0.15, -0.1) is 0 Å². The number of carbonyl (C=O) groups excluding carboxylic acids is 1. The van der Waals surface area contributed by atoms with Gasteiger partial charge in [-0.2, -0.15) is 0 Å². The van der Waals surface area contributed by atoms with E-state index in [9.17, 15) is 4.79 Å². The number of benzene rings is 2. The topological polar surface area (TPSA) is 26.3 Å². The summed E-state index contributed by atoms with van der Waals surface area (Å²) in [6, 6.07) is 20.3. The first kappa shape index (κ1) is 17.6. The van der Waals surface area contributed by atoms with Crippen LogP contribution >= 0.6 is 0 Å². The minimum atomic E-state index is -1.92. The Labute approximate surface area is 140 Å². The van der Waals surface area contributed by atoms with E-state index in [2.05, 4.69) is 31.8 Å². The third-order valence-corrected chi connectivity index (χ3v) is 5.92. The van der Waals surface area contributed by atoms with Gasteiger partial charge in [-0.3, -0.25) is 0 Å². The van der Waals surface area contributed by atoms with Gasteiger partial charge in [-0.25, -0.2) is 0 Å². The van der Waals surface area contributed by atoms with E-state index in [1.807, 2.05) is 48.5 Å². The molecule has 23 heavy (non-hydrogen) atoms. The van der Waals surface area contributed by atoms with Crippen LogP contribution in [0.3, 0.4) is 0 Å². The quantitative estimate of drug-likeness (QED) is 0.702. The maximum atomic E-state index is 13.1. The van der Waals surface area contributed by atoms with Crippen LogP contribution in [0.1, 0.15) is 17.0 Å². The molecule has 2 aromatic carbocycles. The van der Waals surface area contributed by atoms with Gasteiger partial charge in [-0.05, 0) is 17.5 Å². The highest BCUT2D eigenvalue weighted by atomic mass is 28.3. The molecule has 2 rings (SSSR count). The van der Waals surface area contributed by atoms with Crippen molar-refractivity contribution in [2.75, 3.05) is 7.11 Å². The zero-order chi connectivity index (χ0) is 16.9. The molecule has 0 fully saturated rings. The van der Waals surface area contributed by atoms with Crippen molar-refractivity contribution in [1.82, 2.24) is 0 Å². The van der Waals surface area contributed by atoms with E-state index >= 15 is 0 Å². The summed E-state index contributed by atoms with van der Waals surface area (Å²) in [5.74, 6) is -0.201. The second-order valence-corrected chi connectivity index (χ2v) is 12.0. The van der Waals surface area contributed by atoms with Crippen LogP contribution in [0.25, 0.3) is 0 Å². The van der Waals surface area contributed by atoms with Crippen LogP contribution < -0.4 is 0 Å². The predicted octanol–water partition coefficient (Wildman–Crippen LogP) is 4.47. The summed E-state index contributed by atoms with van der Waals surface area (Å²) in [7, 11) is -0.212. The summed E-state index contributed by atoms with van der Waals surface area (Å²) in [4.78, 5) is 13.1. The highest BCUT2D eigenvalue weighted by molar-refractivity contribution is 7.04. The Bertz CT molecular complexity index is 617. The summed E-state index contributed by atoms with van der Waals surface area (Å²) in [5.41, 5.74) is 2.26. The summed E-state index contributed by atoms with van der Waals surface area (Å²) in [5, 5.41) is 0.353. The van der Waals surface area contributed by atoms with Crippen LogP contribution in [-0.4, -0.2) is 26.7 Å². The summed E-state index contributed by atoms with van der Waals surface area (Å²) in [6.07, 6.45) is 0.603. The van der Waals surface area contributed by atoms with Crippen molar-refractivity contribution in [2.24, 2.45) is 0 Å². The molecular formula is C20H26O2Si. The normalized spacial score (nSPS) is 14.3. The fourth-order valence-electron chi connectivity index (χ4n) is 2.85. The number of ether oxygens (including phenoxy) is 1. The first-order valence-corrected chi connectivity index (χ1v) is 11.6. The van der Waals surface area contributed by atoms with E-state index in [-0.39, 0.29) is 12.0 Å². The number of hydrogen-bond donors (Lipinski definition) is 0. The molecule has 0 aliphatic rings. The molecule has 0 saturated carbocycles. The van der Waals surface area contributed by atoms with Gasteiger partial charge in [0.1, 0.15) is 13.5 Å². The van der Waals surface area contributed by atoms with Gasteiger partial charge < -0.3 is 9.53 Å². The third kappa shape index (κ3) is 4.63. The zero-order valence-corrected chi connectivity index (χ0v) is 15.5. The first-order valence-electron chi connectivity index (χ1n) is 8.09. The molecule has 0 N–H and O–H groups in total. The van der Waals surface area contributed by atoms with Crippen LogP contribution in [0, 0.1) is 0 Å². The molecule has 0 unspecified atom stereocenters. The van der Waals surface area contributed by atoms with Crippen LogP contribution in [0.5, 0.6) is 0 Å². The Morgan fingerprint density at radius 3 is 1.96 bits per heavy atom. The molecule has 0 heterocycles. The van der Waals surface area contributed by atoms with E-state index in [0.717, 1.165) is 12.0 Å². The van der Waals surface area contributed by atoms with Gasteiger partial charge in [-0.1, -0.05) is 80.3 Å². The van der Waals surface area contributed by atoms with Crippen molar-refractivity contribution in [3.63, 3.8) is 0 Å². The molecular weight excluding hydrogens is 300 g/mol. The second-order valence-electron chi connectivity index (χ2n) is 6.97. The second kappa shape index (κ2) is 7.71. The minimum Gasteiger partial charge on any atom is -0.380 e. The average molecular weight is 327 g/mol. The van der Waals surface area contributed by atoms with Crippen LogP contribution in [0.15, 0.2) is 60.7 Å². The van der Waals surface area contributed by atoms with E-state index in [4.69, 9.17) is 4.74 Å². The van der Waals surface area contributed by atoms with Crippen LogP contribution in [-0.2, 0) is 16.0 Å². The fraction of sp³-hybridized carbons (Fsp3) is 0.350. The zero-order valence-electron chi connectivity index (χ0n) is 14.5. The summed E-state index contributed by atoms with van der Waals surface area (Å²) in [6.45, 7) is 6.33. The standard InChI is InChI=1S/C20H26O2Si/c1-22-18(15-16-11-7-5-8-12-16)19(20(21)23(2,3)4)17-13-9-6-10-14-17/h5-14,18-19H,15H2,1-4H3/t18-,19+/m1/s1. The van der Waals surface area contributed by atoms with Crippen LogP contribution in [0.4, 0.5) is 0 Å². The van der Waals surface area contributed by atoms with Crippen molar-refractivity contribution in [2.45, 2.75) is 38.1 Å². The maximum Gasteiger partial charge on any atom is 0.124 e. The van der Waals surface area contributed by atoms with Crippen molar-refractivity contribution >= 4 is 13.5 Å². The summed E-state index contributed by atoms with van der Waals surface area (Å²) < 4.78 is 5.79. The lowest BCUT2D eigenvalue weighted by Gasteiger charge is -2.30. The molecule has 0 aromatic heterocycles. The van der Waals surface area contributed by atoms with Crippen molar-refractivity contribution in [1.29, 1.82) is 0 Å². The molecule has 0 bridgehead atoms. The lowest BCUT2D eigenvalue weighted by atomic mass is 9.90. The van der Waals surface area contributed by atoms with Gasteiger partial charge >= 0.3 is 0 Å². The monoisotopic (exact) mass is 326 g/mol. The average Bonchev–Trinajstić information content (AvgIpc) is 2.55. The Hall–Kier alpha value is -1.71. The van der Waals surface area contributed by atoms with Crippen molar-refractivity contribution in [3.8, 4) is 0 Å². The van der Waals surface area contributed by atoms with E-state index < -0.39 is 8.07 Å². The highest BCUT2D eigenvalue weighted by Gasteiger charge is 2.37. The molecule has 0 spiro atoms. The Balaban J connectivity index is 2.36. The summed E-state index contributed by atoms with van der Waals surface area (Å²) >= 11 is 0. The highest BCUT2D eigenvalue weighted by Crippen LogP contribution is 2.29.